The third-order valence-corrected chi connectivity index (χ3v) is 5.19. The maximum absolute atomic E-state index is 12.8. The predicted octanol–water partition coefficient (Wildman–Crippen LogP) is 4.31. The summed E-state index contributed by atoms with van der Waals surface area (Å²) in [4.78, 5) is 12.4. The maximum atomic E-state index is 12.8. The Hall–Kier alpha value is -2.03. The average Bonchev–Trinajstić information content (AvgIpc) is 3.35. The van der Waals surface area contributed by atoms with Crippen LogP contribution in [0.4, 0.5) is 18.9 Å². The zero-order chi connectivity index (χ0) is 18.9. The van der Waals surface area contributed by atoms with E-state index < -0.39 is 17.0 Å². The molecule has 1 aliphatic rings. The predicted molar refractivity (Wildman–Crippen MR) is 93.1 cm³/mol. The monoisotopic (exact) mass is 384 g/mol. The Morgan fingerprint density at radius 2 is 2.12 bits per heavy atom. The van der Waals surface area contributed by atoms with E-state index in [-0.39, 0.29) is 11.6 Å². The van der Waals surface area contributed by atoms with Gasteiger partial charge in [-0.3, -0.25) is 4.79 Å². The number of hydrogen-bond donors (Lipinski definition) is 1. The normalized spacial score (nSPS) is 15.7. The van der Waals surface area contributed by atoms with Crippen molar-refractivity contribution in [2.75, 3.05) is 5.32 Å². The first-order valence-corrected chi connectivity index (χ1v) is 9.25. The number of carbonyl (C=O) groups excluding carboxylic acids is 1. The summed E-state index contributed by atoms with van der Waals surface area (Å²) in [6, 6.07) is 4.60. The molecule has 1 heterocycles. The number of halogens is 3. The zero-order valence-corrected chi connectivity index (χ0v) is 15.2. The van der Waals surface area contributed by atoms with Gasteiger partial charge in [0.05, 0.1) is 10.8 Å². The summed E-state index contributed by atoms with van der Waals surface area (Å²) in [6.07, 6.45) is -2.24. The molecule has 5 nitrogen and oxygen atoms in total. The van der Waals surface area contributed by atoms with Gasteiger partial charge in [0.25, 0.3) is 0 Å². The lowest BCUT2D eigenvalue weighted by atomic mass is 10.2. The van der Waals surface area contributed by atoms with Crippen molar-refractivity contribution in [2.45, 2.75) is 55.7 Å². The fraction of sp³-hybridized carbons (Fsp3) is 0.471. The fourth-order valence-corrected chi connectivity index (χ4v) is 3.48. The van der Waals surface area contributed by atoms with E-state index in [1.54, 1.807) is 6.92 Å². The Morgan fingerprint density at radius 1 is 1.38 bits per heavy atom. The summed E-state index contributed by atoms with van der Waals surface area (Å²) >= 11 is 1.25. The van der Waals surface area contributed by atoms with Gasteiger partial charge in [0.2, 0.25) is 5.91 Å². The van der Waals surface area contributed by atoms with Crippen LogP contribution in [0.3, 0.4) is 0 Å². The van der Waals surface area contributed by atoms with E-state index in [9.17, 15) is 18.0 Å². The average molecular weight is 384 g/mol. The molecule has 1 N–H and O–H groups in total. The summed E-state index contributed by atoms with van der Waals surface area (Å²) in [5.74, 6) is 1.01. The second kappa shape index (κ2) is 7.30. The molecule has 3 rings (SSSR count). The van der Waals surface area contributed by atoms with Crippen molar-refractivity contribution in [1.82, 2.24) is 14.8 Å². The van der Waals surface area contributed by atoms with Crippen molar-refractivity contribution in [2.24, 2.45) is 0 Å². The van der Waals surface area contributed by atoms with Crippen molar-refractivity contribution in [1.29, 1.82) is 0 Å². The Kier molecular flexibility index (Phi) is 5.27. The Morgan fingerprint density at radius 3 is 2.73 bits per heavy atom. The molecule has 9 heteroatoms. The Bertz CT molecular complexity index is 802. The Labute approximate surface area is 153 Å². The van der Waals surface area contributed by atoms with Crippen molar-refractivity contribution in [3.63, 3.8) is 0 Å². The molecular formula is C17H19F3N4OS. The van der Waals surface area contributed by atoms with E-state index >= 15 is 0 Å². The van der Waals surface area contributed by atoms with Crippen LogP contribution in [0.15, 0.2) is 29.4 Å². The second-order valence-corrected chi connectivity index (χ2v) is 7.50. The fourth-order valence-electron chi connectivity index (χ4n) is 2.56. The standard InChI is InChI=1S/C17H19F3N4OS/c1-3-24-14(11-7-8-11)22-23-16(24)26-10(2)15(25)21-13-6-4-5-12(9-13)17(18,19)20/h4-6,9-11H,3,7-8H2,1-2H3,(H,21,25). The largest absolute Gasteiger partial charge is 0.416 e. The van der Waals surface area contributed by atoms with Gasteiger partial charge in [0.1, 0.15) is 5.82 Å². The molecule has 1 aromatic carbocycles. The molecule has 0 radical (unpaired) electrons. The van der Waals surface area contributed by atoms with Gasteiger partial charge in [-0.15, -0.1) is 10.2 Å². The first-order valence-electron chi connectivity index (χ1n) is 8.37. The lowest BCUT2D eigenvalue weighted by molar-refractivity contribution is -0.137. The summed E-state index contributed by atoms with van der Waals surface area (Å²) < 4.78 is 40.3. The number of carbonyl (C=O) groups is 1. The van der Waals surface area contributed by atoms with Gasteiger partial charge < -0.3 is 9.88 Å². The molecule has 26 heavy (non-hydrogen) atoms. The molecule has 1 atom stereocenters. The van der Waals surface area contributed by atoms with Crippen LogP contribution >= 0.6 is 11.8 Å². The minimum absolute atomic E-state index is 0.118. The number of anilines is 1. The molecule has 1 aliphatic carbocycles. The summed E-state index contributed by atoms with van der Waals surface area (Å²) in [5, 5.41) is 11.1. The lowest BCUT2D eigenvalue weighted by Gasteiger charge is -2.14. The molecule has 1 aromatic heterocycles. The molecule has 1 amide bonds. The van der Waals surface area contributed by atoms with E-state index in [2.05, 4.69) is 15.5 Å². The highest BCUT2D eigenvalue weighted by Gasteiger charge is 2.32. The molecule has 1 unspecified atom stereocenters. The number of benzene rings is 1. The smallest absolute Gasteiger partial charge is 0.325 e. The molecular weight excluding hydrogens is 365 g/mol. The molecule has 0 bridgehead atoms. The van der Waals surface area contributed by atoms with Gasteiger partial charge >= 0.3 is 6.18 Å². The van der Waals surface area contributed by atoms with Crippen LogP contribution in [-0.4, -0.2) is 25.9 Å². The van der Waals surface area contributed by atoms with Crippen LogP contribution in [0.25, 0.3) is 0 Å². The van der Waals surface area contributed by atoms with Crippen molar-refractivity contribution < 1.29 is 18.0 Å². The second-order valence-electron chi connectivity index (χ2n) is 6.19. The molecule has 1 fully saturated rings. The number of hydrogen-bond acceptors (Lipinski definition) is 4. The van der Waals surface area contributed by atoms with Crippen molar-refractivity contribution in [3.8, 4) is 0 Å². The third kappa shape index (κ3) is 4.20. The lowest BCUT2D eigenvalue weighted by Crippen LogP contribution is -2.23. The van der Waals surface area contributed by atoms with Gasteiger partial charge in [0.15, 0.2) is 5.16 Å². The van der Waals surface area contributed by atoms with Gasteiger partial charge in [-0.1, -0.05) is 17.8 Å². The highest BCUT2D eigenvalue weighted by atomic mass is 32.2. The van der Waals surface area contributed by atoms with E-state index in [1.165, 1.54) is 23.9 Å². The highest BCUT2D eigenvalue weighted by Crippen LogP contribution is 2.40. The van der Waals surface area contributed by atoms with E-state index in [0.29, 0.717) is 17.6 Å². The molecule has 0 spiro atoms. The minimum atomic E-state index is -4.45. The number of alkyl halides is 3. The summed E-state index contributed by atoms with van der Waals surface area (Å²) in [6.45, 7) is 4.40. The summed E-state index contributed by atoms with van der Waals surface area (Å²) in [5.41, 5.74) is -0.677. The number of amides is 1. The van der Waals surface area contributed by atoms with Gasteiger partial charge in [0, 0.05) is 18.2 Å². The van der Waals surface area contributed by atoms with E-state index in [0.717, 1.165) is 30.8 Å². The molecule has 2 aromatic rings. The first kappa shape index (κ1) is 18.8. The number of rotatable bonds is 6. The van der Waals surface area contributed by atoms with E-state index in [4.69, 9.17) is 0 Å². The first-order chi connectivity index (χ1) is 12.3. The van der Waals surface area contributed by atoms with Crippen LogP contribution in [0, 0.1) is 0 Å². The SMILES string of the molecule is CCn1c(SC(C)C(=O)Nc2cccc(C(F)(F)F)c2)nnc1C1CC1. The van der Waals surface area contributed by atoms with Gasteiger partial charge in [-0.05, 0) is 44.9 Å². The third-order valence-electron chi connectivity index (χ3n) is 4.11. The zero-order valence-electron chi connectivity index (χ0n) is 14.4. The minimum Gasteiger partial charge on any atom is -0.325 e. The van der Waals surface area contributed by atoms with E-state index in [1.807, 2.05) is 11.5 Å². The number of aromatic nitrogens is 3. The Balaban J connectivity index is 1.67. The van der Waals surface area contributed by atoms with Crippen LogP contribution in [0.5, 0.6) is 0 Å². The van der Waals surface area contributed by atoms with Crippen LogP contribution in [-0.2, 0) is 17.5 Å². The van der Waals surface area contributed by atoms with Crippen LogP contribution in [0.1, 0.15) is 44.0 Å². The van der Waals surface area contributed by atoms with Crippen molar-refractivity contribution in [3.05, 3.63) is 35.7 Å². The van der Waals surface area contributed by atoms with Gasteiger partial charge in [-0.25, -0.2) is 0 Å². The van der Waals surface area contributed by atoms with Crippen LogP contribution < -0.4 is 5.32 Å². The van der Waals surface area contributed by atoms with Crippen LogP contribution in [0.2, 0.25) is 0 Å². The molecule has 140 valence electrons. The molecule has 0 aliphatic heterocycles. The highest BCUT2D eigenvalue weighted by molar-refractivity contribution is 8.00. The quantitative estimate of drug-likeness (QED) is 0.754. The molecule has 0 saturated heterocycles. The number of nitrogens with zero attached hydrogens (tertiary/aromatic N) is 3. The number of thioether (sulfide) groups is 1. The molecule has 1 saturated carbocycles. The summed E-state index contributed by atoms with van der Waals surface area (Å²) in [7, 11) is 0. The van der Waals surface area contributed by atoms with Crippen molar-refractivity contribution >= 4 is 23.4 Å². The maximum Gasteiger partial charge on any atom is 0.416 e. The topological polar surface area (TPSA) is 59.8 Å². The number of nitrogens with one attached hydrogen (secondary N) is 1. The van der Waals surface area contributed by atoms with Gasteiger partial charge in [-0.2, -0.15) is 13.2 Å².